The largest absolute Gasteiger partial charge is 0.377 e. The second kappa shape index (κ2) is 15.4. The lowest BCUT2D eigenvalue weighted by molar-refractivity contribution is -0.110. The number of fused-ring (bicyclic) bond motifs is 1. The Hall–Kier alpha value is -0.850. The third-order valence-corrected chi connectivity index (χ3v) is 3.98. The van der Waals surface area contributed by atoms with Crippen LogP contribution in [0.3, 0.4) is 0 Å². The van der Waals surface area contributed by atoms with Crippen LogP contribution in [0.5, 0.6) is 0 Å². The Morgan fingerprint density at radius 1 is 1.52 bits per heavy atom. The van der Waals surface area contributed by atoms with E-state index in [4.69, 9.17) is 28.0 Å². The van der Waals surface area contributed by atoms with Crippen LogP contribution in [0.15, 0.2) is 34.5 Å². The molecular formula is C18H30Cl2N2O3. The van der Waals surface area contributed by atoms with Crippen molar-refractivity contribution in [2.45, 2.75) is 32.8 Å². The molecule has 0 aromatic heterocycles. The molecule has 2 aliphatic rings. The maximum absolute atomic E-state index is 9.28. The summed E-state index contributed by atoms with van der Waals surface area (Å²) in [5.74, 6) is 0.394. The molecule has 0 aromatic rings. The summed E-state index contributed by atoms with van der Waals surface area (Å²) in [6.45, 7) is 6.53. The van der Waals surface area contributed by atoms with E-state index in [-0.39, 0.29) is 12.7 Å². The van der Waals surface area contributed by atoms with Gasteiger partial charge in [-0.15, -0.1) is 0 Å². The molecule has 144 valence electrons. The molecule has 2 rings (SSSR count). The molecule has 1 fully saturated rings. The Kier molecular flexibility index (Phi) is 14.9. The number of methoxy groups -OCH3 is 1. The van der Waals surface area contributed by atoms with Crippen molar-refractivity contribution in [3.05, 3.63) is 34.5 Å². The fraction of sp³-hybridized carbons (Fsp3) is 0.611. The number of halogens is 2. The summed E-state index contributed by atoms with van der Waals surface area (Å²) in [5.41, 5.74) is 5.42. The lowest BCUT2D eigenvalue weighted by atomic mass is 9.87. The van der Waals surface area contributed by atoms with E-state index >= 15 is 0 Å². The predicted molar refractivity (Wildman–Crippen MR) is 105 cm³/mol. The number of likely N-dealkylation sites (tertiary alicyclic amines) is 1. The SMILES string of the molecule is CCC.CN1CCC2ONC=C(/C=C\C(Cl)=C\Cl)C2C1.COCC=O. The van der Waals surface area contributed by atoms with Gasteiger partial charge in [0.15, 0.2) is 0 Å². The number of hydrogen-bond donors (Lipinski definition) is 1. The molecule has 1 saturated heterocycles. The zero-order valence-electron chi connectivity index (χ0n) is 15.5. The van der Waals surface area contributed by atoms with Crippen molar-refractivity contribution in [2.24, 2.45) is 5.92 Å². The summed E-state index contributed by atoms with van der Waals surface area (Å²) < 4.78 is 4.32. The average Bonchev–Trinajstić information content (AvgIpc) is 2.61. The molecule has 7 heteroatoms. The fourth-order valence-corrected chi connectivity index (χ4v) is 2.44. The molecule has 25 heavy (non-hydrogen) atoms. The van der Waals surface area contributed by atoms with Crippen molar-refractivity contribution in [3.8, 4) is 0 Å². The van der Waals surface area contributed by atoms with Crippen LogP contribution >= 0.6 is 23.2 Å². The van der Waals surface area contributed by atoms with Crippen molar-refractivity contribution in [1.82, 2.24) is 10.4 Å². The molecule has 0 saturated carbocycles. The van der Waals surface area contributed by atoms with Gasteiger partial charge in [-0.05, 0) is 25.1 Å². The number of nitrogens with zero attached hydrogens (tertiary/aromatic N) is 1. The van der Waals surface area contributed by atoms with Crippen LogP contribution in [0.1, 0.15) is 26.7 Å². The summed E-state index contributed by atoms with van der Waals surface area (Å²) in [6, 6.07) is 0. The minimum atomic E-state index is 0.208. The van der Waals surface area contributed by atoms with Gasteiger partial charge in [0.25, 0.3) is 0 Å². The first-order chi connectivity index (χ1) is 12.0. The van der Waals surface area contributed by atoms with E-state index in [1.807, 2.05) is 12.3 Å². The van der Waals surface area contributed by atoms with Crippen molar-refractivity contribution >= 4 is 29.5 Å². The Morgan fingerprint density at radius 2 is 2.20 bits per heavy atom. The van der Waals surface area contributed by atoms with E-state index in [1.54, 1.807) is 6.08 Å². The zero-order valence-corrected chi connectivity index (χ0v) is 17.0. The number of allylic oxidation sites excluding steroid dienone is 3. The highest BCUT2D eigenvalue weighted by Crippen LogP contribution is 2.29. The highest BCUT2D eigenvalue weighted by Gasteiger charge is 2.32. The van der Waals surface area contributed by atoms with Crippen LogP contribution < -0.4 is 5.48 Å². The first-order valence-corrected chi connectivity index (χ1v) is 9.21. The van der Waals surface area contributed by atoms with Crippen molar-refractivity contribution < 1.29 is 14.4 Å². The van der Waals surface area contributed by atoms with Crippen LogP contribution in [0.4, 0.5) is 0 Å². The molecule has 0 bridgehead atoms. The Bertz CT molecular complexity index is 454. The molecule has 1 N–H and O–H groups in total. The van der Waals surface area contributed by atoms with Gasteiger partial charge in [-0.1, -0.05) is 49.5 Å². The maximum Gasteiger partial charge on any atom is 0.145 e. The van der Waals surface area contributed by atoms with Crippen molar-refractivity contribution in [2.75, 3.05) is 33.9 Å². The molecule has 5 nitrogen and oxygen atoms in total. The van der Waals surface area contributed by atoms with Gasteiger partial charge in [-0.25, -0.2) is 0 Å². The standard InChI is InChI=1S/C12H16Cl2N2O.C3H6O2.C3H8/c1-16-5-4-12-11(8-16)9(7-15-17-12)2-3-10(14)6-13;1-5-3-2-4;1-3-2/h2-3,6-7,11-12,15H,4-5,8H2,1H3;2H,3H2,1H3;3H2,1-2H3/b3-2-,10-6-;;. The number of carbonyl (C=O) groups is 1. The first kappa shape index (κ1) is 24.1. The molecule has 2 atom stereocenters. The number of ether oxygens (including phenoxy) is 1. The highest BCUT2D eigenvalue weighted by molar-refractivity contribution is 6.37. The summed E-state index contributed by atoms with van der Waals surface area (Å²) in [5, 5.41) is 0.528. The summed E-state index contributed by atoms with van der Waals surface area (Å²) in [7, 11) is 3.61. The van der Waals surface area contributed by atoms with Crippen LogP contribution in [0.25, 0.3) is 0 Å². The van der Waals surface area contributed by atoms with Crippen molar-refractivity contribution in [1.29, 1.82) is 0 Å². The van der Waals surface area contributed by atoms with Crippen LogP contribution in [0.2, 0.25) is 0 Å². The number of hydroxylamine groups is 1. The normalized spacial score (nSPS) is 23.3. The summed E-state index contributed by atoms with van der Waals surface area (Å²) in [4.78, 5) is 17.1. The number of carbonyl (C=O) groups excluding carboxylic acids is 1. The number of nitrogens with one attached hydrogen (secondary N) is 1. The number of aldehydes is 1. The molecule has 0 aliphatic carbocycles. The van der Waals surface area contributed by atoms with E-state index in [9.17, 15) is 4.79 Å². The fourth-order valence-electron chi connectivity index (χ4n) is 2.30. The lowest BCUT2D eigenvalue weighted by Gasteiger charge is -2.39. The van der Waals surface area contributed by atoms with Gasteiger partial charge >= 0.3 is 0 Å². The Labute approximate surface area is 161 Å². The highest BCUT2D eigenvalue weighted by atomic mass is 35.5. The second-order valence-corrected chi connectivity index (χ2v) is 6.39. The lowest BCUT2D eigenvalue weighted by Crippen LogP contribution is -2.46. The summed E-state index contributed by atoms with van der Waals surface area (Å²) >= 11 is 11.4. The van der Waals surface area contributed by atoms with E-state index in [0.717, 1.165) is 19.5 Å². The average molecular weight is 393 g/mol. The second-order valence-electron chi connectivity index (χ2n) is 5.73. The Balaban J connectivity index is 0.000000610. The Morgan fingerprint density at radius 3 is 2.72 bits per heavy atom. The zero-order chi connectivity index (χ0) is 19.1. The third-order valence-electron chi connectivity index (χ3n) is 3.40. The molecule has 0 spiro atoms. The topological polar surface area (TPSA) is 50.8 Å². The first-order valence-electron chi connectivity index (χ1n) is 8.40. The molecule has 0 aromatic carbocycles. The van der Waals surface area contributed by atoms with Crippen LogP contribution in [-0.2, 0) is 14.4 Å². The van der Waals surface area contributed by atoms with Crippen LogP contribution in [-0.4, -0.2) is 51.1 Å². The van der Waals surface area contributed by atoms with Gasteiger partial charge in [0.1, 0.15) is 12.9 Å². The van der Waals surface area contributed by atoms with E-state index in [2.05, 4.69) is 36.0 Å². The number of hydrogen-bond acceptors (Lipinski definition) is 5. The minimum Gasteiger partial charge on any atom is -0.377 e. The third kappa shape index (κ3) is 10.7. The molecule has 0 radical (unpaired) electrons. The minimum absolute atomic E-state index is 0.208. The summed E-state index contributed by atoms with van der Waals surface area (Å²) in [6.07, 6.45) is 8.93. The van der Waals surface area contributed by atoms with Gasteiger partial charge in [0.2, 0.25) is 0 Å². The maximum atomic E-state index is 9.28. The van der Waals surface area contributed by atoms with E-state index in [1.165, 1.54) is 24.6 Å². The van der Waals surface area contributed by atoms with Crippen LogP contribution in [0, 0.1) is 5.92 Å². The van der Waals surface area contributed by atoms with E-state index < -0.39 is 0 Å². The number of rotatable bonds is 4. The quantitative estimate of drug-likeness (QED) is 0.581. The molecule has 2 unspecified atom stereocenters. The van der Waals surface area contributed by atoms with E-state index in [0.29, 0.717) is 17.2 Å². The van der Waals surface area contributed by atoms with Gasteiger partial charge in [-0.2, -0.15) is 0 Å². The number of piperidine rings is 1. The van der Waals surface area contributed by atoms with Gasteiger partial charge < -0.3 is 14.4 Å². The molecular weight excluding hydrogens is 363 g/mol. The molecule has 2 aliphatic heterocycles. The van der Waals surface area contributed by atoms with Gasteiger partial charge in [-0.3, -0.25) is 10.3 Å². The molecule has 2 heterocycles. The predicted octanol–water partition coefficient (Wildman–Crippen LogP) is 3.85. The smallest absolute Gasteiger partial charge is 0.145 e. The van der Waals surface area contributed by atoms with Gasteiger partial charge in [0, 0.05) is 37.9 Å². The monoisotopic (exact) mass is 392 g/mol. The van der Waals surface area contributed by atoms with Gasteiger partial charge in [0.05, 0.1) is 11.1 Å². The molecule has 0 amide bonds. The van der Waals surface area contributed by atoms with Crippen molar-refractivity contribution in [3.63, 3.8) is 0 Å².